The molecule has 7 heteroatoms. The van der Waals surface area contributed by atoms with Crippen LogP contribution >= 0.6 is 0 Å². The van der Waals surface area contributed by atoms with Gasteiger partial charge in [0.2, 0.25) is 10.0 Å². The predicted octanol–water partition coefficient (Wildman–Crippen LogP) is 5.69. The topological polar surface area (TPSA) is 77.9 Å². The minimum Gasteiger partial charge on any atom is -0.478 e. The number of para-hydroxylation sites is 1. The van der Waals surface area contributed by atoms with Gasteiger partial charge in [-0.1, -0.05) is 50.1 Å². The highest BCUT2D eigenvalue weighted by Crippen LogP contribution is 2.41. The van der Waals surface area contributed by atoms with Gasteiger partial charge >= 0.3 is 5.97 Å². The molecule has 0 aromatic heterocycles. The Hall–Kier alpha value is -3.16. The Morgan fingerprint density at radius 1 is 1.06 bits per heavy atom. The van der Waals surface area contributed by atoms with Gasteiger partial charge in [0, 0.05) is 25.3 Å². The summed E-state index contributed by atoms with van der Waals surface area (Å²) in [5.74, 6) is -1.02. The van der Waals surface area contributed by atoms with E-state index < -0.39 is 16.0 Å². The van der Waals surface area contributed by atoms with E-state index in [0.29, 0.717) is 23.4 Å². The van der Waals surface area contributed by atoms with Crippen LogP contribution in [-0.4, -0.2) is 43.4 Å². The van der Waals surface area contributed by atoms with E-state index in [1.54, 1.807) is 25.2 Å². The van der Waals surface area contributed by atoms with Crippen molar-refractivity contribution in [1.29, 1.82) is 0 Å². The highest BCUT2D eigenvalue weighted by Gasteiger charge is 2.37. The van der Waals surface area contributed by atoms with Crippen LogP contribution in [0.15, 0.2) is 71.6 Å². The number of carboxylic acid groups (broad SMARTS) is 1. The Kier molecular flexibility index (Phi) is 6.77. The van der Waals surface area contributed by atoms with E-state index in [1.165, 1.54) is 10.4 Å². The fourth-order valence-electron chi connectivity index (χ4n) is 4.56. The van der Waals surface area contributed by atoms with Crippen LogP contribution < -0.4 is 4.90 Å². The van der Waals surface area contributed by atoms with Crippen molar-refractivity contribution >= 4 is 27.4 Å². The lowest BCUT2D eigenvalue weighted by atomic mass is 9.97. The number of anilines is 2. The number of fused-ring (bicyclic) bond motifs is 1. The first-order chi connectivity index (χ1) is 16.2. The van der Waals surface area contributed by atoms with Crippen molar-refractivity contribution in [3.8, 4) is 11.1 Å². The fourth-order valence-corrected chi connectivity index (χ4v) is 6.14. The lowest BCUT2D eigenvalue weighted by Crippen LogP contribution is -2.40. The van der Waals surface area contributed by atoms with Crippen molar-refractivity contribution in [1.82, 2.24) is 4.31 Å². The number of aromatic carboxylic acids is 1. The molecule has 0 saturated heterocycles. The number of carboxylic acids is 1. The van der Waals surface area contributed by atoms with Crippen LogP contribution in [0.3, 0.4) is 0 Å². The third kappa shape index (κ3) is 4.45. The van der Waals surface area contributed by atoms with Gasteiger partial charge in [-0.25, -0.2) is 13.2 Å². The number of nitrogens with zero attached hydrogens (tertiary/aromatic N) is 2. The summed E-state index contributed by atoms with van der Waals surface area (Å²) in [6, 6.07) is 19.9. The average molecular weight is 479 g/mol. The van der Waals surface area contributed by atoms with Gasteiger partial charge in [0.15, 0.2) is 0 Å². The molecule has 0 saturated carbocycles. The monoisotopic (exact) mass is 478 g/mol. The molecule has 34 heavy (non-hydrogen) atoms. The summed E-state index contributed by atoms with van der Waals surface area (Å²) in [5, 5.41) is 9.42. The molecule has 6 nitrogen and oxygen atoms in total. The molecule has 1 heterocycles. The Bertz CT molecular complexity index is 1310. The summed E-state index contributed by atoms with van der Waals surface area (Å²) >= 11 is 0. The van der Waals surface area contributed by atoms with Gasteiger partial charge in [0.1, 0.15) is 4.90 Å². The second-order valence-corrected chi connectivity index (χ2v) is 10.8. The van der Waals surface area contributed by atoms with Crippen molar-refractivity contribution in [3.05, 3.63) is 77.9 Å². The Balaban J connectivity index is 1.94. The quantitative estimate of drug-likeness (QED) is 0.492. The first-order valence-corrected chi connectivity index (χ1v) is 13.0. The molecular weight excluding hydrogens is 448 g/mol. The van der Waals surface area contributed by atoms with Crippen LogP contribution in [0, 0.1) is 6.92 Å². The van der Waals surface area contributed by atoms with E-state index in [-0.39, 0.29) is 16.5 Å². The highest BCUT2D eigenvalue weighted by molar-refractivity contribution is 7.89. The van der Waals surface area contributed by atoms with Crippen LogP contribution in [0.5, 0.6) is 0 Å². The second-order valence-electron chi connectivity index (χ2n) is 8.78. The SMILES string of the molecule is CCCCC1CN(c2ccccc2)c2cc(C)c(-c3cccc(C(=O)O)c3)cc2S(=O)(=O)N1C. The van der Waals surface area contributed by atoms with E-state index in [1.807, 2.05) is 49.4 Å². The predicted molar refractivity (Wildman–Crippen MR) is 135 cm³/mol. The van der Waals surface area contributed by atoms with Crippen molar-refractivity contribution in [2.24, 2.45) is 0 Å². The van der Waals surface area contributed by atoms with E-state index >= 15 is 0 Å². The molecule has 0 bridgehead atoms. The summed E-state index contributed by atoms with van der Waals surface area (Å²) in [5.41, 5.74) is 4.02. The second kappa shape index (κ2) is 9.60. The van der Waals surface area contributed by atoms with E-state index in [2.05, 4.69) is 11.8 Å². The van der Waals surface area contributed by atoms with Crippen molar-refractivity contribution < 1.29 is 18.3 Å². The van der Waals surface area contributed by atoms with Crippen molar-refractivity contribution in [2.75, 3.05) is 18.5 Å². The molecule has 3 aromatic carbocycles. The van der Waals surface area contributed by atoms with Crippen LogP contribution in [0.1, 0.15) is 42.1 Å². The van der Waals surface area contributed by atoms with Gasteiger partial charge in [-0.05, 0) is 66.4 Å². The first kappa shape index (κ1) is 24.0. The van der Waals surface area contributed by atoms with Crippen LogP contribution in [0.25, 0.3) is 11.1 Å². The summed E-state index contributed by atoms with van der Waals surface area (Å²) in [6.07, 6.45) is 2.71. The molecule has 1 atom stereocenters. The van der Waals surface area contributed by atoms with Gasteiger partial charge in [0.25, 0.3) is 0 Å². The number of hydrogen-bond acceptors (Lipinski definition) is 4. The Morgan fingerprint density at radius 2 is 1.79 bits per heavy atom. The molecule has 1 unspecified atom stereocenters. The average Bonchev–Trinajstić information content (AvgIpc) is 2.91. The van der Waals surface area contributed by atoms with Gasteiger partial charge < -0.3 is 10.0 Å². The lowest BCUT2D eigenvalue weighted by Gasteiger charge is -2.29. The third-order valence-corrected chi connectivity index (χ3v) is 8.48. The van der Waals surface area contributed by atoms with Crippen LogP contribution in [-0.2, 0) is 10.0 Å². The maximum atomic E-state index is 13.8. The van der Waals surface area contributed by atoms with E-state index in [9.17, 15) is 18.3 Å². The normalized spacial score (nSPS) is 17.7. The molecule has 178 valence electrons. The maximum absolute atomic E-state index is 13.8. The number of unbranched alkanes of at least 4 members (excludes halogenated alkanes) is 1. The molecule has 1 aliphatic rings. The summed E-state index contributed by atoms with van der Waals surface area (Å²) in [4.78, 5) is 13.8. The fraction of sp³-hybridized carbons (Fsp3) is 0.296. The summed E-state index contributed by atoms with van der Waals surface area (Å²) < 4.78 is 29.2. The minimum atomic E-state index is -3.78. The minimum absolute atomic E-state index is 0.164. The number of likely N-dealkylation sites (N-methyl/N-ethyl adjacent to an activating group) is 1. The standard InChI is InChI=1S/C27H30N2O4S/c1-4-5-12-23-18-29(22-13-7-6-8-14-22)25-15-19(2)24(17-26(25)34(32,33)28(23)3)20-10-9-11-21(16-20)27(30)31/h6-11,13-17,23H,4-5,12,18H2,1-3H3,(H,30,31). The zero-order valence-corrected chi connectivity index (χ0v) is 20.5. The molecule has 1 N–H and O–H groups in total. The molecule has 0 aliphatic carbocycles. The number of rotatable bonds is 6. The molecule has 0 fully saturated rings. The molecule has 0 radical (unpaired) electrons. The molecule has 4 rings (SSSR count). The van der Waals surface area contributed by atoms with Crippen LogP contribution in [0.2, 0.25) is 0 Å². The van der Waals surface area contributed by atoms with Crippen LogP contribution in [0.4, 0.5) is 11.4 Å². The number of aryl methyl sites for hydroxylation is 1. The van der Waals surface area contributed by atoms with Gasteiger partial charge in [-0.3, -0.25) is 0 Å². The largest absolute Gasteiger partial charge is 0.478 e. The van der Waals surface area contributed by atoms with E-state index in [4.69, 9.17) is 0 Å². The van der Waals surface area contributed by atoms with Crippen molar-refractivity contribution in [3.63, 3.8) is 0 Å². The number of sulfonamides is 1. The van der Waals surface area contributed by atoms with Gasteiger partial charge in [-0.2, -0.15) is 4.31 Å². The zero-order chi connectivity index (χ0) is 24.5. The Labute approximate surface area is 201 Å². The molecule has 0 amide bonds. The molecule has 3 aromatic rings. The molecule has 0 spiro atoms. The molecular formula is C27H30N2O4S. The van der Waals surface area contributed by atoms with E-state index in [0.717, 1.165) is 30.5 Å². The first-order valence-electron chi connectivity index (χ1n) is 11.5. The molecule has 1 aliphatic heterocycles. The highest BCUT2D eigenvalue weighted by atomic mass is 32.2. The van der Waals surface area contributed by atoms with Gasteiger partial charge in [-0.15, -0.1) is 0 Å². The summed E-state index contributed by atoms with van der Waals surface area (Å²) in [7, 11) is -2.11. The summed E-state index contributed by atoms with van der Waals surface area (Å²) in [6.45, 7) is 4.60. The number of hydrogen-bond donors (Lipinski definition) is 1. The van der Waals surface area contributed by atoms with Crippen molar-refractivity contribution in [2.45, 2.75) is 44.0 Å². The lowest BCUT2D eigenvalue weighted by molar-refractivity contribution is 0.0697. The number of benzene rings is 3. The van der Waals surface area contributed by atoms with Gasteiger partial charge in [0.05, 0.1) is 11.3 Å². The number of carbonyl (C=O) groups is 1. The zero-order valence-electron chi connectivity index (χ0n) is 19.7. The Morgan fingerprint density at radius 3 is 2.47 bits per heavy atom. The smallest absolute Gasteiger partial charge is 0.335 e. The maximum Gasteiger partial charge on any atom is 0.335 e. The third-order valence-electron chi connectivity index (χ3n) is 6.54.